The molecule has 0 spiro atoms. The number of fused-ring (bicyclic) bond motifs is 1. The van der Waals surface area contributed by atoms with Gasteiger partial charge in [0, 0.05) is 11.4 Å². The van der Waals surface area contributed by atoms with Gasteiger partial charge in [-0.25, -0.2) is 9.78 Å². The van der Waals surface area contributed by atoms with Crippen molar-refractivity contribution in [3.05, 3.63) is 54.9 Å². The molecule has 2 amide bonds. The summed E-state index contributed by atoms with van der Waals surface area (Å²) in [4.78, 5) is 16.1. The highest BCUT2D eigenvalue weighted by Gasteiger charge is 2.06. The van der Waals surface area contributed by atoms with Gasteiger partial charge in [-0.2, -0.15) is 0 Å². The highest BCUT2D eigenvalue weighted by Crippen LogP contribution is 2.19. The van der Waals surface area contributed by atoms with E-state index >= 15 is 0 Å². The van der Waals surface area contributed by atoms with E-state index in [-0.39, 0.29) is 5.17 Å². The van der Waals surface area contributed by atoms with Crippen molar-refractivity contribution in [3.8, 4) is 5.69 Å². The van der Waals surface area contributed by atoms with Crippen LogP contribution in [-0.2, 0) is 0 Å². The first-order chi connectivity index (χ1) is 11.7. The maximum atomic E-state index is 11.7. The SMILES string of the molecule is N=CSC(=N)NC(=O)Nc1ccc(-n2cnc3ccccc32)cc1. The molecule has 0 atom stereocenters. The second kappa shape index (κ2) is 6.97. The summed E-state index contributed by atoms with van der Waals surface area (Å²) in [6, 6.07) is 14.6. The zero-order valence-electron chi connectivity index (χ0n) is 12.5. The van der Waals surface area contributed by atoms with E-state index in [1.807, 2.05) is 41.0 Å². The minimum absolute atomic E-state index is 0.107. The van der Waals surface area contributed by atoms with Crippen molar-refractivity contribution in [3.63, 3.8) is 0 Å². The van der Waals surface area contributed by atoms with Crippen LogP contribution in [0.3, 0.4) is 0 Å². The molecular weight excluding hydrogens is 324 g/mol. The summed E-state index contributed by atoms with van der Waals surface area (Å²) < 4.78 is 1.97. The molecule has 4 N–H and O–H groups in total. The highest BCUT2D eigenvalue weighted by molar-refractivity contribution is 8.24. The topological polar surface area (TPSA) is 107 Å². The first kappa shape index (κ1) is 15.8. The third-order valence-electron chi connectivity index (χ3n) is 3.26. The Balaban J connectivity index is 1.73. The molecule has 1 heterocycles. The third-order valence-corrected chi connectivity index (χ3v) is 3.72. The van der Waals surface area contributed by atoms with E-state index in [0.29, 0.717) is 5.69 Å². The van der Waals surface area contributed by atoms with Crippen LogP contribution >= 0.6 is 11.8 Å². The van der Waals surface area contributed by atoms with Crippen molar-refractivity contribution < 1.29 is 4.79 Å². The summed E-state index contributed by atoms with van der Waals surface area (Å²) in [6.45, 7) is 0. The van der Waals surface area contributed by atoms with Gasteiger partial charge in [0.1, 0.15) is 6.33 Å². The molecule has 24 heavy (non-hydrogen) atoms. The fourth-order valence-electron chi connectivity index (χ4n) is 2.22. The number of thioether (sulfide) groups is 1. The molecule has 3 rings (SSSR count). The minimum Gasteiger partial charge on any atom is -0.308 e. The lowest BCUT2D eigenvalue weighted by Crippen LogP contribution is -2.32. The molecule has 0 saturated heterocycles. The Morgan fingerprint density at radius 3 is 2.67 bits per heavy atom. The number of hydrogen-bond donors (Lipinski definition) is 4. The lowest BCUT2D eigenvalue weighted by atomic mass is 10.2. The number of carbonyl (C=O) groups is 1. The minimum atomic E-state index is -0.518. The Bertz CT molecular complexity index is 902. The molecule has 1 aromatic heterocycles. The number of benzene rings is 2. The molecule has 0 radical (unpaired) electrons. The van der Waals surface area contributed by atoms with Crippen LogP contribution < -0.4 is 10.6 Å². The normalized spacial score (nSPS) is 10.3. The average molecular weight is 338 g/mol. The Morgan fingerprint density at radius 2 is 1.92 bits per heavy atom. The van der Waals surface area contributed by atoms with E-state index in [1.54, 1.807) is 18.5 Å². The van der Waals surface area contributed by atoms with Crippen LogP contribution in [0.5, 0.6) is 0 Å². The standard InChI is InChI=1S/C16H14N6OS/c17-9-24-15(18)21-16(23)20-11-5-7-12(8-6-11)22-10-19-13-3-1-2-4-14(13)22/h1-10,17H,(H3,18,20,21,23). The lowest BCUT2D eigenvalue weighted by molar-refractivity contribution is 0.256. The quantitative estimate of drug-likeness (QED) is 0.434. The molecule has 7 nitrogen and oxygen atoms in total. The zero-order chi connectivity index (χ0) is 16.9. The summed E-state index contributed by atoms with van der Waals surface area (Å²) in [5, 5.41) is 19.1. The Morgan fingerprint density at radius 1 is 1.17 bits per heavy atom. The predicted molar refractivity (Wildman–Crippen MR) is 97.3 cm³/mol. The number of hydrogen-bond acceptors (Lipinski definition) is 5. The van der Waals surface area contributed by atoms with Gasteiger partial charge >= 0.3 is 6.03 Å². The number of carbonyl (C=O) groups excluding carboxylic acids is 1. The number of amidine groups is 1. The fraction of sp³-hybridized carbons (Fsp3) is 0. The highest BCUT2D eigenvalue weighted by atomic mass is 32.2. The predicted octanol–water partition coefficient (Wildman–Crippen LogP) is 3.42. The van der Waals surface area contributed by atoms with E-state index in [0.717, 1.165) is 34.0 Å². The average Bonchev–Trinajstić information content (AvgIpc) is 2.99. The van der Waals surface area contributed by atoms with Gasteiger partial charge in [0.2, 0.25) is 0 Å². The van der Waals surface area contributed by atoms with Crippen molar-refractivity contribution in [1.29, 1.82) is 10.8 Å². The van der Waals surface area contributed by atoms with Crippen LogP contribution in [0.2, 0.25) is 0 Å². The van der Waals surface area contributed by atoms with Crippen LogP contribution in [-0.4, -0.2) is 26.3 Å². The first-order valence-corrected chi connectivity index (χ1v) is 7.90. The summed E-state index contributed by atoms with van der Waals surface area (Å²) in [5.41, 5.74) is 4.44. The van der Waals surface area contributed by atoms with Crippen LogP contribution in [0.4, 0.5) is 10.5 Å². The van der Waals surface area contributed by atoms with Gasteiger partial charge in [0.25, 0.3) is 0 Å². The van der Waals surface area contributed by atoms with Gasteiger partial charge in [-0.3, -0.25) is 15.3 Å². The second-order valence-electron chi connectivity index (χ2n) is 4.79. The van der Waals surface area contributed by atoms with Gasteiger partial charge in [0.05, 0.1) is 16.6 Å². The molecule has 0 aliphatic carbocycles. The summed E-state index contributed by atoms with van der Waals surface area (Å²) >= 11 is 0.815. The monoisotopic (exact) mass is 338 g/mol. The van der Waals surface area contributed by atoms with E-state index in [9.17, 15) is 4.79 Å². The van der Waals surface area contributed by atoms with Gasteiger partial charge in [-0.15, -0.1) is 0 Å². The van der Waals surface area contributed by atoms with Crippen LogP contribution in [0.15, 0.2) is 54.9 Å². The summed E-state index contributed by atoms with van der Waals surface area (Å²) in [7, 11) is 0. The van der Waals surface area contributed by atoms with Crippen molar-refractivity contribution in [2.75, 3.05) is 5.32 Å². The smallest absolute Gasteiger partial charge is 0.308 e. The summed E-state index contributed by atoms with van der Waals surface area (Å²) in [5.74, 6) is 0. The zero-order valence-corrected chi connectivity index (χ0v) is 13.3. The molecule has 8 heteroatoms. The van der Waals surface area contributed by atoms with Gasteiger partial charge in [-0.05, 0) is 48.2 Å². The maximum absolute atomic E-state index is 11.7. The van der Waals surface area contributed by atoms with Gasteiger partial charge < -0.3 is 10.7 Å². The molecule has 0 aliphatic rings. The molecule has 2 aromatic carbocycles. The number of nitrogens with zero attached hydrogens (tertiary/aromatic N) is 2. The van der Waals surface area contributed by atoms with Gasteiger partial charge in [-0.1, -0.05) is 12.1 Å². The Labute approximate surface area is 142 Å². The number of rotatable bonds is 3. The van der Waals surface area contributed by atoms with Crippen LogP contribution in [0.25, 0.3) is 16.7 Å². The first-order valence-electron chi connectivity index (χ1n) is 7.02. The molecule has 0 saturated carbocycles. The lowest BCUT2D eigenvalue weighted by Gasteiger charge is -2.08. The molecule has 120 valence electrons. The fourth-order valence-corrected chi connectivity index (χ4v) is 2.49. The van der Waals surface area contributed by atoms with Crippen molar-refractivity contribution in [1.82, 2.24) is 14.9 Å². The second-order valence-corrected chi connectivity index (χ2v) is 5.67. The number of amides is 2. The molecule has 0 aliphatic heterocycles. The number of para-hydroxylation sites is 2. The largest absolute Gasteiger partial charge is 0.325 e. The molecule has 0 unspecified atom stereocenters. The maximum Gasteiger partial charge on any atom is 0.325 e. The number of imidazole rings is 1. The van der Waals surface area contributed by atoms with Crippen molar-refractivity contribution >= 4 is 45.2 Å². The van der Waals surface area contributed by atoms with Crippen molar-refractivity contribution in [2.24, 2.45) is 0 Å². The van der Waals surface area contributed by atoms with E-state index in [1.165, 1.54) is 0 Å². The van der Waals surface area contributed by atoms with Crippen LogP contribution in [0, 0.1) is 10.8 Å². The molecule has 0 bridgehead atoms. The third kappa shape index (κ3) is 3.44. The van der Waals surface area contributed by atoms with E-state index in [4.69, 9.17) is 10.8 Å². The molecule has 3 aromatic rings. The van der Waals surface area contributed by atoms with E-state index in [2.05, 4.69) is 15.6 Å². The molecular formula is C16H14N6OS. The van der Waals surface area contributed by atoms with Gasteiger partial charge in [0.15, 0.2) is 5.17 Å². The van der Waals surface area contributed by atoms with E-state index < -0.39 is 6.03 Å². The number of aromatic nitrogens is 2. The Kier molecular flexibility index (Phi) is 4.57. The van der Waals surface area contributed by atoms with Crippen molar-refractivity contribution in [2.45, 2.75) is 0 Å². The number of anilines is 1. The number of nitrogens with one attached hydrogen (secondary N) is 4. The van der Waals surface area contributed by atoms with Crippen LogP contribution in [0.1, 0.15) is 0 Å². The Hall–Kier alpha value is -3.13. The summed E-state index contributed by atoms with van der Waals surface area (Å²) in [6.07, 6.45) is 1.76. The molecule has 0 fully saturated rings. The number of urea groups is 1.